The zero-order chi connectivity index (χ0) is 14.8. The van der Waals surface area contributed by atoms with Gasteiger partial charge in [0.05, 0.1) is 5.56 Å². The fourth-order valence-corrected chi connectivity index (χ4v) is 1.99. The Bertz CT molecular complexity index is 482. The average Bonchev–Trinajstić information content (AvgIpc) is 2.39. The lowest BCUT2D eigenvalue weighted by molar-refractivity contribution is -0.145. The number of nitrogens with zero attached hydrogens (tertiary/aromatic N) is 1. The lowest BCUT2D eigenvalue weighted by Crippen LogP contribution is -2.50. The largest absolute Gasteiger partial charge is 0.480 e. The minimum absolute atomic E-state index is 0.0994. The number of hydrogen-bond acceptors (Lipinski definition) is 4. The van der Waals surface area contributed by atoms with Gasteiger partial charge in [0.2, 0.25) is 0 Å². The summed E-state index contributed by atoms with van der Waals surface area (Å²) in [5.74, 6) is -0.968. The second kappa shape index (κ2) is 5.28. The second-order valence-electron chi connectivity index (χ2n) is 4.55. The first-order valence-electron chi connectivity index (χ1n) is 5.96. The Hall–Kier alpha value is -1.83. The van der Waals surface area contributed by atoms with Crippen LogP contribution in [-0.4, -0.2) is 34.8 Å². The summed E-state index contributed by atoms with van der Waals surface area (Å²) in [5, 5.41) is 12.0. The molecule has 0 aliphatic carbocycles. The van der Waals surface area contributed by atoms with Crippen LogP contribution in [0.3, 0.4) is 0 Å². The van der Waals surface area contributed by atoms with Gasteiger partial charge in [0.25, 0.3) is 0 Å². The molecule has 0 unspecified atom stereocenters. The van der Waals surface area contributed by atoms with Crippen molar-refractivity contribution in [3.05, 3.63) is 23.9 Å². The SMILES string of the molecule is O=C(O)C1(Nc2ccc(C(F)(F)F)cn2)CCOCC1. The molecule has 5 nitrogen and oxygen atoms in total. The van der Waals surface area contributed by atoms with E-state index in [1.165, 1.54) is 0 Å². The molecule has 1 aromatic rings. The molecule has 2 heterocycles. The molecule has 0 bridgehead atoms. The first-order chi connectivity index (χ1) is 9.33. The zero-order valence-corrected chi connectivity index (χ0v) is 10.4. The maximum absolute atomic E-state index is 12.4. The highest BCUT2D eigenvalue weighted by Gasteiger charge is 2.40. The maximum Gasteiger partial charge on any atom is 0.417 e. The number of alkyl halides is 3. The van der Waals surface area contributed by atoms with E-state index in [2.05, 4.69) is 10.3 Å². The second-order valence-corrected chi connectivity index (χ2v) is 4.55. The summed E-state index contributed by atoms with van der Waals surface area (Å²) >= 11 is 0. The van der Waals surface area contributed by atoms with Crippen molar-refractivity contribution >= 4 is 11.8 Å². The normalized spacial score (nSPS) is 18.6. The zero-order valence-electron chi connectivity index (χ0n) is 10.4. The van der Waals surface area contributed by atoms with Gasteiger partial charge in [-0.05, 0) is 12.1 Å². The van der Waals surface area contributed by atoms with Crippen LogP contribution >= 0.6 is 0 Å². The van der Waals surface area contributed by atoms with E-state index in [0.717, 1.165) is 12.1 Å². The van der Waals surface area contributed by atoms with Crippen LogP contribution in [0.4, 0.5) is 19.0 Å². The molecular formula is C12H13F3N2O3. The number of aromatic nitrogens is 1. The Morgan fingerprint density at radius 1 is 1.35 bits per heavy atom. The molecule has 0 atom stereocenters. The molecule has 1 aromatic heterocycles. The Morgan fingerprint density at radius 3 is 2.45 bits per heavy atom. The smallest absolute Gasteiger partial charge is 0.417 e. The van der Waals surface area contributed by atoms with E-state index in [1.54, 1.807) is 0 Å². The van der Waals surface area contributed by atoms with Crippen molar-refractivity contribution in [3.63, 3.8) is 0 Å². The molecule has 0 aromatic carbocycles. The molecule has 2 N–H and O–H groups in total. The first kappa shape index (κ1) is 14.6. The molecule has 0 radical (unpaired) electrons. The molecule has 0 spiro atoms. The highest BCUT2D eigenvalue weighted by atomic mass is 19.4. The topological polar surface area (TPSA) is 71.5 Å². The van der Waals surface area contributed by atoms with Gasteiger partial charge in [-0.2, -0.15) is 13.2 Å². The molecule has 1 aliphatic rings. The minimum Gasteiger partial charge on any atom is -0.480 e. The number of carboxylic acids is 1. The van der Waals surface area contributed by atoms with Crippen molar-refractivity contribution in [2.75, 3.05) is 18.5 Å². The summed E-state index contributed by atoms with van der Waals surface area (Å²) in [5.41, 5.74) is -2.12. The van der Waals surface area contributed by atoms with Crippen LogP contribution in [0.25, 0.3) is 0 Å². The number of carbonyl (C=O) groups is 1. The summed E-state index contributed by atoms with van der Waals surface area (Å²) in [6.45, 7) is 0.555. The van der Waals surface area contributed by atoms with Crippen LogP contribution in [0, 0.1) is 0 Å². The summed E-state index contributed by atoms with van der Waals surface area (Å²) in [7, 11) is 0. The van der Waals surface area contributed by atoms with Crippen LogP contribution in [0.5, 0.6) is 0 Å². The lowest BCUT2D eigenvalue weighted by Gasteiger charge is -2.34. The Kier molecular flexibility index (Phi) is 3.85. The number of carboxylic acid groups (broad SMARTS) is 1. The number of anilines is 1. The number of halogens is 3. The van der Waals surface area contributed by atoms with Crippen LogP contribution in [0.2, 0.25) is 0 Å². The molecule has 1 fully saturated rings. The fourth-order valence-electron chi connectivity index (χ4n) is 1.99. The molecule has 2 rings (SSSR count). The molecule has 8 heteroatoms. The van der Waals surface area contributed by atoms with Crippen LogP contribution in [0.1, 0.15) is 18.4 Å². The van der Waals surface area contributed by atoms with E-state index in [4.69, 9.17) is 4.74 Å². The van der Waals surface area contributed by atoms with Crippen LogP contribution < -0.4 is 5.32 Å². The highest BCUT2D eigenvalue weighted by Crippen LogP contribution is 2.30. The predicted octanol–water partition coefficient (Wildman–Crippen LogP) is 2.15. The third-order valence-electron chi connectivity index (χ3n) is 3.21. The summed E-state index contributed by atoms with van der Waals surface area (Å²) in [6.07, 6.45) is -3.33. The Balaban J connectivity index is 2.17. The summed E-state index contributed by atoms with van der Waals surface area (Å²) < 4.78 is 42.3. The average molecular weight is 290 g/mol. The number of ether oxygens (including phenoxy) is 1. The molecule has 1 saturated heterocycles. The highest BCUT2D eigenvalue weighted by molar-refractivity contribution is 5.82. The van der Waals surface area contributed by atoms with E-state index < -0.39 is 23.2 Å². The van der Waals surface area contributed by atoms with Gasteiger partial charge < -0.3 is 15.2 Å². The molecular weight excluding hydrogens is 277 g/mol. The monoisotopic (exact) mass is 290 g/mol. The van der Waals surface area contributed by atoms with Gasteiger partial charge in [-0.3, -0.25) is 0 Å². The van der Waals surface area contributed by atoms with Crippen molar-refractivity contribution in [2.45, 2.75) is 24.6 Å². The number of pyridine rings is 1. The first-order valence-corrected chi connectivity index (χ1v) is 5.96. The Labute approximate surface area is 112 Å². The van der Waals surface area contributed by atoms with E-state index in [0.29, 0.717) is 6.20 Å². The van der Waals surface area contributed by atoms with Gasteiger partial charge in [0.15, 0.2) is 0 Å². The van der Waals surface area contributed by atoms with Crippen molar-refractivity contribution < 1.29 is 27.8 Å². The predicted molar refractivity (Wildman–Crippen MR) is 63.3 cm³/mol. The number of rotatable bonds is 3. The Morgan fingerprint density at radius 2 is 2.00 bits per heavy atom. The minimum atomic E-state index is -4.46. The molecule has 110 valence electrons. The molecule has 0 amide bonds. The molecule has 0 saturated carbocycles. The van der Waals surface area contributed by atoms with Crippen molar-refractivity contribution in [1.82, 2.24) is 4.98 Å². The van der Waals surface area contributed by atoms with Gasteiger partial charge in [0.1, 0.15) is 11.4 Å². The number of aliphatic carboxylic acids is 1. The van der Waals surface area contributed by atoms with Crippen molar-refractivity contribution in [2.24, 2.45) is 0 Å². The van der Waals surface area contributed by atoms with Gasteiger partial charge in [-0.25, -0.2) is 9.78 Å². The third-order valence-corrected chi connectivity index (χ3v) is 3.21. The van der Waals surface area contributed by atoms with Gasteiger partial charge in [0, 0.05) is 32.3 Å². The number of nitrogens with one attached hydrogen (secondary N) is 1. The summed E-state index contributed by atoms with van der Waals surface area (Å²) in [6, 6.07) is 1.99. The van der Waals surface area contributed by atoms with Gasteiger partial charge in [-0.1, -0.05) is 0 Å². The van der Waals surface area contributed by atoms with E-state index in [-0.39, 0.29) is 31.9 Å². The van der Waals surface area contributed by atoms with Crippen LogP contribution in [0.15, 0.2) is 18.3 Å². The van der Waals surface area contributed by atoms with E-state index in [9.17, 15) is 23.1 Å². The van der Waals surface area contributed by atoms with Crippen molar-refractivity contribution in [3.8, 4) is 0 Å². The van der Waals surface area contributed by atoms with E-state index >= 15 is 0 Å². The standard InChI is InChI=1S/C12H13F3N2O3/c13-12(14,15)8-1-2-9(16-7-8)17-11(10(18)19)3-5-20-6-4-11/h1-2,7H,3-6H2,(H,16,17)(H,18,19). The quantitative estimate of drug-likeness (QED) is 0.892. The van der Waals surface area contributed by atoms with Crippen molar-refractivity contribution in [1.29, 1.82) is 0 Å². The summed E-state index contributed by atoms with van der Waals surface area (Å²) in [4.78, 5) is 15.0. The third kappa shape index (κ3) is 3.01. The van der Waals surface area contributed by atoms with E-state index in [1.807, 2.05) is 0 Å². The molecule has 1 aliphatic heterocycles. The maximum atomic E-state index is 12.4. The van der Waals surface area contributed by atoms with Gasteiger partial charge in [-0.15, -0.1) is 0 Å². The molecule has 20 heavy (non-hydrogen) atoms. The lowest BCUT2D eigenvalue weighted by atomic mass is 9.90. The number of hydrogen-bond donors (Lipinski definition) is 2. The fraction of sp³-hybridized carbons (Fsp3) is 0.500. The van der Waals surface area contributed by atoms with Crippen LogP contribution in [-0.2, 0) is 15.7 Å². The van der Waals surface area contributed by atoms with Gasteiger partial charge >= 0.3 is 12.1 Å².